The van der Waals surface area contributed by atoms with Gasteiger partial charge in [-0.1, -0.05) is 0 Å². The third-order valence-electron chi connectivity index (χ3n) is 3.00. The first-order valence-corrected chi connectivity index (χ1v) is 5.60. The van der Waals surface area contributed by atoms with Gasteiger partial charge in [0, 0.05) is 6.42 Å². The lowest BCUT2D eigenvalue weighted by atomic mass is 10.1. The normalized spacial score (nSPS) is 33.2. The summed E-state index contributed by atoms with van der Waals surface area (Å²) < 4.78 is 10.8. The van der Waals surface area contributed by atoms with E-state index >= 15 is 0 Å². The van der Waals surface area contributed by atoms with Crippen LogP contribution in [0.5, 0.6) is 0 Å². The molecule has 2 aliphatic heterocycles. The summed E-state index contributed by atoms with van der Waals surface area (Å²) in [6, 6.07) is 0.0574. The maximum Gasteiger partial charge on any atom is 0.410 e. The number of aliphatic hydroxyl groups excluding tert-OH is 1. The summed E-state index contributed by atoms with van der Waals surface area (Å²) in [5, 5.41) is 9.27. The van der Waals surface area contributed by atoms with Crippen molar-refractivity contribution in [2.75, 3.05) is 19.8 Å². The minimum atomic E-state index is -0.540. The molecule has 0 unspecified atom stereocenters. The van der Waals surface area contributed by atoms with Gasteiger partial charge in [0.1, 0.15) is 11.2 Å². The zero-order valence-corrected chi connectivity index (χ0v) is 10.0. The number of hydrogen-bond acceptors (Lipinski definition) is 4. The second-order valence-electron chi connectivity index (χ2n) is 5.62. The number of fused-ring (bicyclic) bond motifs is 2. The van der Waals surface area contributed by atoms with E-state index in [0.717, 1.165) is 0 Å². The number of rotatable bonds is 1. The molecular formula is C11H19NO4. The van der Waals surface area contributed by atoms with Crippen molar-refractivity contribution in [2.24, 2.45) is 0 Å². The van der Waals surface area contributed by atoms with Crippen LogP contribution in [0.3, 0.4) is 0 Å². The van der Waals surface area contributed by atoms with Crippen LogP contribution in [0, 0.1) is 0 Å². The highest BCUT2D eigenvalue weighted by Gasteiger charge is 2.53. The van der Waals surface area contributed by atoms with Crippen molar-refractivity contribution < 1.29 is 19.4 Å². The predicted molar refractivity (Wildman–Crippen MR) is 57.1 cm³/mol. The Morgan fingerprint density at radius 2 is 2.31 bits per heavy atom. The summed E-state index contributed by atoms with van der Waals surface area (Å²) >= 11 is 0. The van der Waals surface area contributed by atoms with E-state index in [1.165, 1.54) is 0 Å². The lowest BCUT2D eigenvalue weighted by Gasteiger charge is -2.33. The number of amides is 1. The Morgan fingerprint density at radius 1 is 1.62 bits per heavy atom. The number of ether oxygens (including phenoxy) is 2. The van der Waals surface area contributed by atoms with E-state index in [9.17, 15) is 9.90 Å². The van der Waals surface area contributed by atoms with Crippen molar-refractivity contribution in [1.29, 1.82) is 0 Å². The van der Waals surface area contributed by atoms with Crippen molar-refractivity contribution in [3.05, 3.63) is 0 Å². The van der Waals surface area contributed by atoms with Crippen molar-refractivity contribution in [1.82, 2.24) is 4.90 Å². The van der Waals surface area contributed by atoms with Gasteiger partial charge in [0.25, 0.3) is 0 Å². The van der Waals surface area contributed by atoms with Gasteiger partial charge in [0.15, 0.2) is 0 Å². The third-order valence-corrected chi connectivity index (χ3v) is 3.00. The van der Waals surface area contributed by atoms with E-state index in [0.29, 0.717) is 19.6 Å². The summed E-state index contributed by atoms with van der Waals surface area (Å²) in [5.74, 6) is 0. The minimum Gasteiger partial charge on any atom is -0.444 e. The van der Waals surface area contributed by atoms with Crippen LogP contribution in [0.4, 0.5) is 4.79 Å². The van der Waals surface area contributed by atoms with E-state index in [2.05, 4.69) is 0 Å². The number of aliphatic hydroxyl groups is 1. The molecule has 2 heterocycles. The summed E-state index contributed by atoms with van der Waals surface area (Å²) in [6.07, 6.45) is 0.402. The molecule has 1 amide bonds. The molecular weight excluding hydrogens is 210 g/mol. The van der Waals surface area contributed by atoms with Crippen LogP contribution in [0.25, 0.3) is 0 Å². The molecule has 0 spiro atoms. The van der Waals surface area contributed by atoms with Crippen LogP contribution in [-0.4, -0.2) is 53.1 Å². The monoisotopic (exact) mass is 229 g/mol. The van der Waals surface area contributed by atoms with Crippen LogP contribution in [0.1, 0.15) is 27.2 Å². The van der Waals surface area contributed by atoms with Crippen LogP contribution < -0.4 is 0 Å². The zero-order valence-electron chi connectivity index (χ0n) is 10.0. The number of carbonyl (C=O) groups is 1. The maximum atomic E-state index is 11.9. The highest BCUT2D eigenvalue weighted by atomic mass is 16.6. The standard InChI is InChI=1S/C11H19NO4/c1-10(2,3)16-9(14)12-6-11(7-13)4-8(12)5-15-11/h8,13H,4-7H2,1-3H3/t8-,11-/m1/s1. The van der Waals surface area contributed by atoms with Crippen molar-refractivity contribution in [3.8, 4) is 0 Å². The fourth-order valence-corrected chi connectivity index (χ4v) is 2.26. The average molecular weight is 229 g/mol. The molecule has 5 heteroatoms. The lowest BCUT2D eigenvalue weighted by Crippen LogP contribution is -2.48. The molecule has 2 rings (SSSR count). The molecule has 0 aromatic rings. The van der Waals surface area contributed by atoms with Gasteiger partial charge in [0.05, 0.1) is 25.8 Å². The van der Waals surface area contributed by atoms with Gasteiger partial charge in [-0.2, -0.15) is 0 Å². The van der Waals surface area contributed by atoms with Gasteiger partial charge in [-0.05, 0) is 20.8 Å². The second-order valence-corrected chi connectivity index (χ2v) is 5.62. The molecule has 0 saturated carbocycles. The smallest absolute Gasteiger partial charge is 0.410 e. The third kappa shape index (κ3) is 2.01. The molecule has 2 fully saturated rings. The Kier molecular flexibility index (Phi) is 2.62. The molecule has 0 aromatic heterocycles. The Bertz CT molecular complexity index is 299. The fourth-order valence-electron chi connectivity index (χ4n) is 2.26. The second kappa shape index (κ2) is 3.60. The van der Waals surface area contributed by atoms with Gasteiger partial charge in [-0.15, -0.1) is 0 Å². The van der Waals surface area contributed by atoms with E-state index < -0.39 is 11.2 Å². The van der Waals surface area contributed by atoms with Crippen LogP contribution >= 0.6 is 0 Å². The topological polar surface area (TPSA) is 59.0 Å². The van der Waals surface area contributed by atoms with Crippen LogP contribution in [0.2, 0.25) is 0 Å². The Morgan fingerprint density at radius 3 is 2.81 bits per heavy atom. The maximum absolute atomic E-state index is 11.9. The number of hydrogen-bond donors (Lipinski definition) is 1. The van der Waals surface area contributed by atoms with Crippen LogP contribution in [-0.2, 0) is 9.47 Å². The largest absolute Gasteiger partial charge is 0.444 e. The molecule has 0 radical (unpaired) electrons. The quantitative estimate of drug-likeness (QED) is 0.721. The molecule has 1 N–H and O–H groups in total. The molecule has 0 aromatic carbocycles. The van der Waals surface area contributed by atoms with Crippen molar-refractivity contribution in [3.63, 3.8) is 0 Å². The van der Waals surface area contributed by atoms with E-state index in [1.807, 2.05) is 20.8 Å². The molecule has 2 aliphatic rings. The molecule has 0 aliphatic carbocycles. The van der Waals surface area contributed by atoms with Gasteiger partial charge in [0.2, 0.25) is 0 Å². The van der Waals surface area contributed by atoms with Gasteiger partial charge < -0.3 is 14.6 Å². The van der Waals surface area contributed by atoms with Crippen LogP contribution in [0.15, 0.2) is 0 Å². The Labute approximate surface area is 95.3 Å². The van der Waals surface area contributed by atoms with E-state index in [4.69, 9.17) is 9.47 Å². The van der Waals surface area contributed by atoms with Gasteiger partial charge >= 0.3 is 6.09 Å². The number of nitrogens with zero attached hydrogens (tertiary/aromatic N) is 1. The first-order valence-electron chi connectivity index (χ1n) is 5.60. The molecule has 92 valence electrons. The molecule has 5 nitrogen and oxygen atoms in total. The predicted octanol–water partition coefficient (Wildman–Crippen LogP) is 0.757. The molecule has 2 bridgehead atoms. The molecule has 16 heavy (non-hydrogen) atoms. The average Bonchev–Trinajstić information content (AvgIpc) is 2.72. The molecule has 2 atom stereocenters. The number of carbonyl (C=O) groups excluding carboxylic acids is 1. The van der Waals surface area contributed by atoms with Gasteiger partial charge in [-0.25, -0.2) is 4.79 Å². The fraction of sp³-hybridized carbons (Fsp3) is 0.909. The highest BCUT2D eigenvalue weighted by Crippen LogP contribution is 2.37. The first kappa shape index (κ1) is 11.7. The Balaban J connectivity index is 2.01. The lowest BCUT2D eigenvalue weighted by molar-refractivity contribution is -0.0756. The zero-order chi connectivity index (χ0) is 12.0. The highest BCUT2D eigenvalue weighted by molar-refractivity contribution is 5.69. The number of morpholine rings is 1. The SMILES string of the molecule is CC(C)(C)OC(=O)N1C[C@@]2(CO)C[C@@H]1CO2. The van der Waals surface area contributed by atoms with Gasteiger partial charge in [-0.3, -0.25) is 4.90 Å². The Hall–Kier alpha value is -0.810. The number of likely N-dealkylation sites (tertiary alicyclic amines) is 1. The van der Waals surface area contributed by atoms with E-state index in [1.54, 1.807) is 4.90 Å². The van der Waals surface area contributed by atoms with Crippen molar-refractivity contribution >= 4 is 6.09 Å². The summed E-state index contributed by atoms with van der Waals surface area (Å²) in [7, 11) is 0. The summed E-state index contributed by atoms with van der Waals surface area (Å²) in [4.78, 5) is 13.5. The van der Waals surface area contributed by atoms with E-state index in [-0.39, 0.29) is 18.7 Å². The minimum absolute atomic E-state index is 0.0389. The first-order chi connectivity index (χ1) is 7.35. The summed E-state index contributed by atoms with van der Waals surface area (Å²) in [6.45, 7) is 6.43. The molecule has 2 saturated heterocycles. The van der Waals surface area contributed by atoms with Crippen molar-refractivity contribution in [2.45, 2.75) is 44.4 Å². The summed E-state index contributed by atoms with van der Waals surface area (Å²) in [5.41, 5.74) is -1.02.